The van der Waals surface area contributed by atoms with E-state index in [1.54, 1.807) is 11.3 Å². The molecule has 4 nitrogen and oxygen atoms in total. The predicted molar refractivity (Wildman–Crippen MR) is 96.2 cm³/mol. The average Bonchev–Trinajstić information content (AvgIpc) is 2.99. The van der Waals surface area contributed by atoms with Gasteiger partial charge in [-0.2, -0.15) is 0 Å². The number of nitrogens with zero attached hydrogens (tertiary/aromatic N) is 1. The molecule has 0 aliphatic rings. The summed E-state index contributed by atoms with van der Waals surface area (Å²) in [5, 5.41) is 14.1. The molecule has 126 valence electrons. The summed E-state index contributed by atoms with van der Waals surface area (Å²) in [5.74, 6) is -0.470. The maximum atomic E-state index is 11.6. The van der Waals surface area contributed by atoms with Gasteiger partial charge in [-0.3, -0.25) is 4.79 Å². The van der Waals surface area contributed by atoms with Crippen LogP contribution in [0.3, 0.4) is 0 Å². The number of rotatable bonds is 8. The number of carbonyl (C=O) groups is 1. The Morgan fingerprint density at radius 2 is 1.96 bits per heavy atom. The second-order valence-electron chi connectivity index (χ2n) is 6.27. The minimum atomic E-state index is -0.713. The summed E-state index contributed by atoms with van der Waals surface area (Å²) < 4.78 is 1.20. The molecule has 2 atom stereocenters. The van der Waals surface area contributed by atoms with E-state index in [4.69, 9.17) is 4.98 Å². The number of hydrogen-bond donors (Lipinski definition) is 2. The van der Waals surface area contributed by atoms with E-state index < -0.39 is 11.4 Å². The van der Waals surface area contributed by atoms with Crippen LogP contribution in [-0.2, 0) is 4.79 Å². The van der Waals surface area contributed by atoms with Gasteiger partial charge in [-0.15, -0.1) is 11.3 Å². The van der Waals surface area contributed by atoms with Crippen LogP contribution in [0.1, 0.15) is 51.5 Å². The number of fused-ring (bicyclic) bond motifs is 1. The lowest BCUT2D eigenvalue weighted by molar-refractivity contribution is -0.149. The maximum Gasteiger partial charge on any atom is 0.310 e. The molecular formula is C18H26N2O2S. The van der Waals surface area contributed by atoms with E-state index >= 15 is 0 Å². The van der Waals surface area contributed by atoms with Gasteiger partial charge in [-0.25, -0.2) is 4.98 Å². The Kier molecular flexibility index (Phi) is 5.76. The van der Waals surface area contributed by atoms with Crippen molar-refractivity contribution in [3.8, 4) is 0 Å². The Balaban J connectivity index is 2.07. The van der Waals surface area contributed by atoms with Gasteiger partial charge in [0.1, 0.15) is 0 Å². The summed E-state index contributed by atoms with van der Waals surface area (Å²) in [4.78, 5) is 16.3. The van der Waals surface area contributed by atoms with Crippen molar-refractivity contribution in [3.05, 3.63) is 29.3 Å². The summed E-state index contributed by atoms with van der Waals surface area (Å²) in [7, 11) is 0. The minimum Gasteiger partial charge on any atom is -0.481 e. The molecule has 0 radical (unpaired) electrons. The fourth-order valence-electron chi connectivity index (χ4n) is 2.71. The number of aromatic nitrogens is 1. The minimum absolute atomic E-state index is 0.174. The fourth-order valence-corrected chi connectivity index (χ4v) is 3.83. The molecule has 1 heterocycles. The van der Waals surface area contributed by atoms with E-state index in [1.807, 2.05) is 32.0 Å². The molecule has 0 aliphatic heterocycles. The van der Waals surface area contributed by atoms with Crippen molar-refractivity contribution < 1.29 is 9.90 Å². The topological polar surface area (TPSA) is 62.2 Å². The SMILES string of the molecule is CCC(CC)(CNC(C)C(C)c1nc2ccccc2s1)C(=O)O. The monoisotopic (exact) mass is 334 g/mol. The van der Waals surface area contributed by atoms with E-state index in [9.17, 15) is 9.90 Å². The molecule has 0 fully saturated rings. The van der Waals surface area contributed by atoms with Crippen molar-refractivity contribution in [1.82, 2.24) is 10.3 Å². The van der Waals surface area contributed by atoms with Crippen LogP contribution in [0.2, 0.25) is 0 Å². The van der Waals surface area contributed by atoms with Gasteiger partial charge in [0.05, 0.1) is 20.6 Å². The number of nitrogens with one attached hydrogen (secondary N) is 1. The first kappa shape index (κ1) is 17.9. The normalized spacial score (nSPS) is 14.8. The van der Waals surface area contributed by atoms with Crippen molar-refractivity contribution in [1.29, 1.82) is 0 Å². The highest BCUT2D eigenvalue weighted by molar-refractivity contribution is 7.18. The van der Waals surface area contributed by atoms with Gasteiger partial charge in [0.2, 0.25) is 0 Å². The smallest absolute Gasteiger partial charge is 0.310 e. The quantitative estimate of drug-likeness (QED) is 0.757. The third-order valence-corrected chi connectivity index (χ3v) is 6.26. The van der Waals surface area contributed by atoms with E-state index in [0.717, 1.165) is 10.5 Å². The zero-order valence-corrected chi connectivity index (χ0v) is 15.1. The van der Waals surface area contributed by atoms with Gasteiger partial charge in [0.15, 0.2) is 0 Å². The van der Waals surface area contributed by atoms with Gasteiger partial charge in [0, 0.05) is 18.5 Å². The van der Waals surface area contributed by atoms with Crippen LogP contribution in [0.15, 0.2) is 24.3 Å². The van der Waals surface area contributed by atoms with Crippen molar-refractivity contribution >= 4 is 27.5 Å². The Hall–Kier alpha value is -1.46. The van der Waals surface area contributed by atoms with E-state index in [0.29, 0.717) is 19.4 Å². The molecule has 23 heavy (non-hydrogen) atoms. The van der Waals surface area contributed by atoms with Gasteiger partial charge in [-0.05, 0) is 31.9 Å². The second-order valence-corrected chi connectivity index (χ2v) is 7.33. The lowest BCUT2D eigenvalue weighted by Crippen LogP contribution is -2.44. The highest BCUT2D eigenvalue weighted by Crippen LogP contribution is 2.30. The van der Waals surface area contributed by atoms with Crippen molar-refractivity contribution in [2.75, 3.05) is 6.54 Å². The highest BCUT2D eigenvalue weighted by Gasteiger charge is 2.35. The lowest BCUT2D eigenvalue weighted by atomic mass is 9.82. The summed E-state index contributed by atoms with van der Waals surface area (Å²) in [6.45, 7) is 8.64. The molecule has 2 unspecified atom stereocenters. The molecule has 5 heteroatoms. The number of carboxylic acids is 1. The molecule has 1 aromatic carbocycles. The zero-order chi connectivity index (χ0) is 17.0. The van der Waals surface area contributed by atoms with E-state index in [1.165, 1.54) is 4.70 Å². The number of thiazole rings is 1. The molecule has 2 aromatic rings. The Morgan fingerprint density at radius 1 is 1.30 bits per heavy atom. The Labute approximate surface area is 141 Å². The Morgan fingerprint density at radius 3 is 2.52 bits per heavy atom. The second kappa shape index (κ2) is 7.41. The molecule has 1 aromatic heterocycles. The third kappa shape index (κ3) is 3.72. The molecule has 0 bridgehead atoms. The first-order valence-corrected chi connectivity index (χ1v) is 9.07. The first-order valence-electron chi connectivity index (χ1n) is 8.25. The van der Waals surface area contributed by atoms with Crippen molar-refractivity contribution in [2.45, 2.75) is 52.5 Å². The van der Waals surface area contributed by atoms with Crippen molar-refractivity contribution in [2.24, 2.45) is 5.41 Å². The van der Waals surface area contributed by atoms with Gasteiger partial charge in [0.25, 0.3) is 0 Å². The number of hydrogen-bond acceptors (Lipinski definition) is 4. The van der Waals surface area contributed by atoms with Crippen LogP contribution in [0, 0.1) is 5.41 Å². The van der Waals surface area contributed by atoms with E-state index in [2.05, 4.69) is 25.2 Å². The Bertz CT molecular complexity index is 631. The summed E-state index contributed by atoms with van der Waals surface area (Å²) in [5.41, 5.74) is 0.357. The number of carboxylic acid groups (broad SMARTS) is 1. The summed E-state index contributed by atoms with van der Waals surface area (Å²) in [6, 6.07) is 8.32. The molecule has 0 amide bonds. The standard InChI is InChI=1S/C18H26N2O2S/c1-5-18(6-2,17(21)22)11-19-13(4)12(3)16-20-14-9-7-8-10-15(14)23-16/h7-10,12-13,19H,5-6,11H2,1-4H3,(H,21,22). The van der Waals surface area contributed by atoms with Crippen molar-refractivity contribution in [3.63, 3.8) is 0 Å². The fraction of sp³-hybridized carbons (Fsp3) is 0.556. The number of para-hydroxylation sites is 1. The van der Waals surface area contributed by atoms with Gasteiger partial charge >= 0.3 is 5.97 Å². The molecule has 2 rings (SSSR count). The molecule has 0 saturated heterocycles. The maximum absolute atomic E-state index is 11.6. The number of benzene rings is 1. The highest BCUT2D eigenvalue weighted by atomic mass is 32.1. The van der Waals surface area contributed by atoms with Crippen LogP contribution < -0.4 is 5.32 Å². The third-order valence-electron chi connectivity index (χ3n) is 5.02. The molecule has 2 N–H and O–H groups in total. The summed E-state index contributed by atoms with van der Waals surface area (Å²) in [6.07, 6.45) is 1.27. The first-order chi connectivity index (χ1) is 10.9. The van der Waals surface area contributed by atoms with Crippen LogP contribution in [0.5, 0.6) is 0 Å². The molecular weight excluding hydrogens is 308 g/mol. The molecule has 0 saturated carbocycles. The van der Waals surface area contributed by atoms with E-state index in [-0.39, 0.29) is 12.0 Å². The summed E-state index contributed by atoms with van der Waals surface area (Å²) >= 11 is 1.72. The van der Waals surface area contributed by atoms with Crippen LogP contribution >= 0.6 is 11.3 Å². The van der Waals surface area contributed by atoms with Crippen LogP contribution in [0.25, 0.3) is 10.2 Å². The van der Waals surface area contributed by atoms with Gasteiger partial charge < -0.3 is 10.4 Å². The van der Waals surface area contributed by atoms with Crippen LogP contribution in [-0.4, -0.2) is 28.6 Å². The predicted octanol–water partition coefficient (Wildman–Crippen LogP) is 4.27. The van der Waals surface area contributed by atoms with Crippen LogP contribution in [0.4, 0.5) is 0 Å². The molecule has 0 aliphatic carbocycles. The van der Waals surface area contributed by atoms with Gasteiger partial charge in [-0.1, -0.05) is 32.9 Å². The lowest BCUT2D eigenvalue weighted by Gasteiger charge is -2.30. The number of aliphatic carboxylic acids is 1. The molecule has 0 spiro atoms. The largest absolute Gasteiger partial charge is 0.481 e. The zero-order valence-electron chi connectivity index (χ0n) is 14.3. The average molecular weight is 334 g/mol.